The first kappa shape index (κ1) is 22.0. The molecule has 2 fully saturated rings. The Hall–Kier alpha value is -2.25. The number of rotatable bonds is 7. The zero-order valence-electron chi connectivity index (χ0n) is 18.6. The Morgan fingerprint density at radius 3 is 2.87 bits per heavy atom. The number of likely N-dealkylation sites (tertiary alicyclic amines) is 1. The van der Waals surface area contributed by atoms with Crippen LogP contribution in [0, 0.1) is 6.92 Å². The van der Waals surface area contributed by atoms with Crippen LogP contribution < -0.4 is 0 Å². The molecule has 4 rings (SSSR count). The Morgan fingerprint density at radius 2 is 2.10 bits per heavy atom. The molecule has 0 bridgehead atoms. The average Bonchev–Trinajstić information content (AvgIpc) is 3.31. The molecule has 1 atom stereocenters. The minimum absolute atomic E-state index is 0.156. The Kier molecular flexibility index (Phi) is 7.02. The van der Waals surface area contributed by atoms with Gasteiger partial charge >= 0.3 is 0 Å². The van der Waals surface area contributed by atoms with Crippen molar-refractivity contribution in [2.24, 2.45) is 0 Å². The Morgan fingerprint density at radius 1 is 1.29 bits per heavy atom. The minimum Gasteiger partial charge on any atom is -0.385 e. The maximum absolute atomic E-state index is 13.2. The summed E-state index contributed by atoms with van der Waals surface area (Å²) in [6.07, 6.45) is 4.86. The van der Waals surface area contributed by atoms with Gasteiger partial charge in [-0.05, 0) is 50.2 Å². The standard InChI is InChI=1S/C24H33N3O4/c1-18-6-3-4-7-20(18)16-21(28)27-12-5-10-24(17-27,11-15-29-2)23-25-22(31-26-23)19-8-13-30-14-9-19/h3-4,6-7,19H,5,8-17H2,1-2H3. The van der Waals surface area contributed by atoms with Gasteiger partial charge < -0.3 is 18.9 Å². The van der Waals surface area contributed by atoms with E-state index in [1.54, 1.807) is 7.11 Å². The summed E-state index contributed by atoms with van der Waals surface area (Å²) in [4.78, 5) is 20.0. The van der Waals surface area contributed by atoms with E-state index in [1.807, 2.05) is 23.1 Å². The molecule has 0 spiro atoms. The van der Waals surface area contributed by atoms with Crippen LogP contribution in [0.3, 0.4) is 0 Å². The number of aromatic nitrogens is 2. The maximum atomic E-state index is 13.2. The van der Waals surface area contributed by atoms with Crippen LogP contribution in [0.2, 0.25) is 0 Å². The minimum atomic E-state index is -0.331. The number of methoxy groups -OCH3 is 1. The largest absolute Gasteiger partial charge is 0.385 e. The summed E-state index contributed by atoms with van der Waals surface area (Å²) in [5, 5.41) is 4.41. The average molecular weight is 428 g/mol. The Balaban J connectivity index is 1.53. The number of amides is 1. The number of benzene rings is 1. The van der Waals surface area contributed by atoms with Gasteiger partial charge in [-0.3, -0.25) is 4.79 Å². The number of hydrogen-bond donors (Lipinski definition) is 0. The van der Waals surface area contributed by atoms with Gasteiger partial charge in [0.2, 0.25) is 11.8 Å². The molecule has 7 heteroatoms. The topological polar surface area (TPSA) is 77.7 Å². The fraction of sp³-hybridized carbons (Fsp3) is 0.625. The van der Waals surface area contributed by atoms with Crippen molar-refractivity contribution in [3.8, 4) is 0 Å². The molecular weight excluding hydrogens is 394 g/mol. The summed E-state index contributed by atoms with van der Waals surface area (Å²) in [7, 11) is 1.71. The summed E-state index contributed by atoms with van der Waals surface area (Å²) in [6.45, 7) is 5.49. The molecule has 0 radical (unpaired) electrons. The van der Waals surface area contributed by atoms with Crippen molar-refractivity contribution in [3.05, 3.63) is 47.1 Å². The number of hydrogen-bond acceptors (Lipinski definition) is 6. The second kappa shape index (κ2) is 9.92. The fourth-order valence-electron chi connectivity index (χ4n) is 4.78. The second-order valence-electron chi connectivity index (χ2n) is 8.89. The predicted octanol–water partition coefficient (Wildman–Crippen LogP) is 3.41. The van der Waals surface area contributed by atoms with Gasteiger partial charge in [-0.15, -0.1) is 0 Å². The van der Waals surface area contributed by atoms with E-state index in [0.717, 1.165) is 68.8 Å². The molecule has 2 aliphatic rings. The van der Waals surface area contributed by atoms with Crippen molar-refractivity contribution in [2.75, 3.05) is 40.0 Å². The second-order valence-corrected chi connectivity index (χ2v) is 8.89. The highest BCUT2D eigenvalue weighted by Crippen LogP contribution is 2.37. The van der Waals surface area contributed by atoms with Crippen molar-refractivity contribution < 1.29 is 18.8 Å². The summed E-state index contributed by atoms with van der Waals surface area (Å²) >= 11 is 0. The van der Waals surface area contributed by atoms with Gasteiger partial charge in [-0.2, -0.15) is 4.98 Å². The Bertz CT molecular complexity index is 877. The van der Waals surface area contributed by atoms with Crippen LogP contribution in [-0.2, 0) is 26.1 Å². The van der Waals surface area contributed by atoms with E-state index >= 15 is 0 Å². The van der Waals surface area contributed by atoms with Crippen LogP contribution in [-0.4, -0.2) is 61.0 Å². The first-order chi connectivity index (χ1) is 15.1. The van der Waals surface area contributed by atoms with Crippen molar-refractivity contribution in [3.63, 3.8) is 0 Å². The van der Waals surface area contributed by atoms with E-state index in [1.165, 1.54) is 0 Å². The van der Waals surface area contributed by atoms with E-state index in [0.29, 0.717) is 25.5 Å². The van der Waals surface area contributed by atoms with Gasteiger partial charge in [-0.25, -0.2) is 0 Å². The molecule has 31 heavy (non-hydrogen) atoms. The van der Waals surface area contributed by atoms with Crippen LogP contribution in [0.5, 0.6) is 0 Å². The summed E-state index contributed by atoms with van der Waals surface area (Å²) in [6, 6.07) is 8.09. The molecule has 7 nitrogen and oxygen atoms in total. The number of ether oxygens (including phenoxy) is 2. The SMILES string of the molecule is COCCC1(c2noc(C3CCOCC3)n2)CCCN(C(=O)Cc2ccccc2C)C1. The molecule has 1 aromatic heterocycles. The van der Waals surface area contributed by atoms with Gasteiger partial charge in [0.05, 0.1) is 11.8 Å². The highest BCUT2D eigenvalue weighted by atomic mass is 16.5. The zero-order chi connectivity index (χ0) is 21.7. The summed E-state index contributed by atoms with van der Waals surface area (Å²) in [5.41, 5.74) is 1.91. The highest BCUT2D eigenvalue weighted by Gasteiger charge is 2.42. The molecule has 2 aliphatic heterocycles. The fourth-order valence-corrected chi connectivity index (χ4v) is 4.78. The molecule has 168 valence electrons. The molecule has 1 amide bonds. The van der Waals surface area contributed by atoms with Crippen molar-refractivity contribution in [1.82, 2.24) is 15.0 Å². The van der Waals surface area contributed by atoms with Gasteiger partial charge in [0.15, 0.2) is 5.82 Å². The monoisotopic (exact) mass is 427 g/mol. The molecule has 2 aromatic rings. The van der Waals surface area contributed by atoms with Gasteiger partial charge in [-0.1, -0.05) is 29.4 Å². The molecule has 2 saturated heterocycles. The van der Waals surface area contributed by atoms with Gasteiger partial charge in [0.25, 0.3) is 0 Å². The lowest BCUT2D eigenvalue weighted by molar-refractivity contribution is -0.133. The lowest BCUT2D eigenvalue weighted by atomic mass is 9.76. The van der Waals surface area contributed by atoms with E-state index in [9.17, 15) is 4.79 Å². The molecule has 3 heterocycles. The Labute approximate surface area is 184 Å². The predicted molar refractivity (Wildman–Crippen MR) is 116 cm³/mol. The first-order valence-electron chi connectivity index (χ1n) is 11.3. The first-order valence-corrected chi connectivity index (χ1v) is 11.3. The molecule has 0 aliphatic carbocycles. The molecule has 1 unspecified atom stereocenters. The smallest absolute Gasteiger partial charge is 0.229 e. The number of carbonyl (C=O) groups excluding carboxylic acids is 1. The summed E-state index contributed by atoms with van der Waals surface area (Å²) in [5.74, 6) is 1.85. The third-order valence-electron chi connectivity index (χ3n) is 6.80. The quantitative estimate of drug-likeness (QED) is 0.674. The maximum Gasteiger partial charge on any atom is 0.229 e. The van der Waals surface area contributed by atoms with Crippen LogP contribution in [0.25, 0.3) is 0 Å². The van der Waals surface area contributed by atoms with Crippen LogP contribution >= 0.6 is 0 Å². The van der Waals surface area contributed by atoms with Crippen molar-refractivity contribution in [1.29, 1.82) is 0 Å². The van der Waals surface area contributed by atoms with Crippen LogP contribution in [0.4, 0.5) is 0 Å². The lowest BCUT2D eigenvalue weighted by Gasteiger charge is -2.41. The molecule has 1 aromatic carbocycles. The summed E-state index contributed by atoms with van der Waals surface area (Å²) < 4.78 is 16.6. The van der Waals surface area contributed by atoms with Crippen molar-refractivity contribution in [2.45, 2.75) is 56.8 Å². The molecular formula is C24H33N3O4. The number of nitrogens with zero attached hydrogens (tertiary/aromatic N) is 3. The van der Waals surface area contributed by atoms with E-state index in [-0.39, 0.29) is 17.2 Å². The highest BCUT2D eigenvalue weighted by molar-refractivity contribution is 5.79. The van der Waals surface area contributed by atoms with Gasteiger partial charge in [0, 0.05) is 45.9 Å². The van der Waals surface area contributed by atoms with Crippen LogP contribution in [0.1, 0.15) is 60.9 Å². The number of piperidine rings is 1. The van der Waals surface area contributed by atoms with E-state index in [4.69, 9.17) is 19.0 Å². The third kappa shape index (κ3) is 4.99. The zero-order valence-corrected chi connectivity index (χ0v) is 18.6. The van der Waals surface area contributed by atoms with Gasteiger partial charge in [0.1, 0.15) is 0 Å². The third-order valence-corrected chi connectivity index (χ3v) is 6.80. The number of aryl methyl sites for hydroxylation is 1. The number of carbonyl (C=O) groups is 1. The molecule has 0 saturated carbocycles. The molecule has 0 N–H and O–H groups in total. The normalized spacial score (nSPS) is 22.6. The van der Waals surface area contributed by atoms with Crippen molar-refractivity contribution >= 4 is 5.91 Å². The van der Waals surface area contributed by atoms with E-state index < -0.39 is 0 Å². The lowest BCUT2D eigenvalue weighted by Crippen LogP contribution is -2.50. The van der Waals surface area contributed by atoms with Crippen LogP contribution in [0.15, 0.2) is 28.8 Å². The van der Waals surface area contributed by atoms with E-state index in [2.05, 4.69) is 18.1 Å².